The van der Waals surface area contributed by atoms with Crippen molar-refractivity contribution in [1.29, 1.82) is 0 Å². The van der Waals surface area contributed by atoms with Gasteiger partial charge in [0.2, 0.25) is 0 Å². The zero-order valence-corrected chi connectivity index (χ0v) is 5.20. The van der Waals surface area contributed by atoms with Gasteiger partial charge in [0.15, 0.2) is 0 Å². The van der Waals surface area contributed by atoms with E-state index in [1.165, 1.54) is 0 Å². The van der Waals surface area contributed by atoms with Crippen molar-refractivity contribution in [3.63, 3.8) is 0 Å². The summed E-state index contributed by atoms with van der Waals surface area (Å²) in [6, 6.07) is 0. The maximum absolute atomic E-state index is 8.06. The Bertz CT molecular complexity index is 29.8. The van der Waals surface area contributed by atoms with Crippen molar-refractivity contribution in [1.82, 2.24) is 0 Å². The maximum Gasteiger partial charge on any atom is 0.668 e. The van der Waals surface area contributed by atoms with E-state index in [2.05, 4.69) is 0 Å². The summed E-state index contributed by atoms with van der Waals surface area (Å²) in [5, 5.41) is 0. The first-order chi connectivity index (χ1) is 3.00. The highest BCUT2D eigenvalue weighted by molar-refractivity contribution is 6.46. The lowest BCUT2D eigenvalue weighted by atomic mass is 15.7. The summed E-state index contributed by atoms with van der Waals surface area (Å²) in [7, 11) is -2.89. The molecule has 0 saturated heterocycles. The van der Waals surface area contributed by atoms with E-state index in [1.807, 2.05) is 0 Å². The second-order valence-electron chi connectivity index (χ2n) is 0.600. The molecule has 0 aromatic rings. The van der Waals surface area contributed by atoms with E-state index < -0.39 is 9.05 Å². The molecule has 0 bridgehead atoms. The summed E-state index contributed by atoms with van der Waals surface area (Å²) in [5.41, 5.74) is 0. The van der Waals surface area contributed by atoms with Crippen LogP contribution in [0.3, 0.4) is 0 Å². The van der Waals surface area contributed by atoms with Gasteiger partial charge in [-0.1, -0.05) is 0 Å². The van der Waals surface area contributed by atoms with Crippen LogP contribution in [0, 0.1) is 0 Å². The van der Waals surface area contributed by atoms with Crippen LogP contribution < -0.4 is 0 Å². The average molecular weight is 140 g/mol. The summed E-state index contributed by atoms with van der Waals surface area (Å²) in [4.78, 5) is 29.3. The normalized spacial score (nSPS) is 9.14. The Morgan fingerprint density at radius 3 is 1.00 bits per heavy atom. The molecule has 0 aliphatic carbocycles. The summed E-state index contributed by atoms with van der Waals surface area (Å²) >= 11 is 0. The van der Waals surface area contributed by atoms with E-state index in [-0.39, 0.29) is 0 Å². The lowest BCUT2D eigenvalue weighted by Gasteiger charge is -1.91. The topological polar surface area (TPSA) is 98.0 Å². The molecule has 0 heterocycles. The molecule has 0 aromatic heterocycles. The van der Waals surface area contributed by atoms with E-state index >= 15 is 0 Å². The van der Waals surface area contributed by atoms with Crippen LogP contribution in [0.4, 0.5) is 0 Å². The van der Waals surface area contributed by atoms with Gasteiger partial charge in [0.1, 0.15) is 0 Å². The summed E-state index contributed by atoms with van der Waals surface area (Å²) in [6.07, 6.45) is 0. The maximum atomic E-state index is 8.06. The Morgan fingerprint density at radius 2 is 1.00 bits per heavy atom. The van der Waals surface area contributed by atoms with Gasteiger partial charge in [-0.05, 0) is 0 Å². The molecule has 0 aromatic carbocycles. The van der Waals surface area contributed by atoms with Crippen molar-refractivity contribution in [2.75, 3.05) is 0 Å². The fraction of sp³-hybridized carbons (Fsp3) is 0. The first-order valence-electron chi connectivity index (χ1n) is 1.10. The minimum atomic E-state index is -4.61. The fourth-order valence-corrected chi connectivity index (χ4v) is 0. The van der Waals surface area contributed by atoms with E-state index in [4.69, 9.17) is 23.6 Å². The SMILES string of the molecule is O=[Si].O[Si](O)(O)O. The summed E-state index contributed by atoms with van der Waals surface area (Å²) in [6.45, 7) is 0. The molecule has 2 radical (unpaired) electrons. The Hall–Kier alpha value is 0.0738. The van der Waals surface area contributed by atoms with Crippen molar-refractivity contribution in [3.05, 3.63) is 0 Å². The molecule has 0 amide bonds. The fourth-order valence-electron chi connectivity index (χ4n) is 0. The van der Waals surface area contributed by atoms with Gasteiger partial charge >= 0.3 is 19.2 Å². The van der Waals surface area contributed by atoms with Gasteiger partial charge in [0.05, 0.1) is 0 Å². The molecule has 0 saturated carbocycles. The van der Waals surface area contributed by atoms with Crippen molar-refractivity contribution < 1.29 is 23.6 Å². The third-order valence-corrected chi connectivity index (χ3v) is 0. The van der Waals surface area contributed by atoms with E-state index in [9.17, 15) is 0 Å². The Kier molecular flexibility index (Phi) is 6.14. The highest BCUT2D eigenvalue weighted by Crippen LogP contribution is 1.67. The summed E-state index contributed by atoms with van der Waals surface area (Å²) < 4.78 is 8.06. The first kappa shape index (κ1) is 10.1. The van der Waals surface area contributed by atoms with Crippen LogP contribution in [0.25, 0.3) is 0 Å². The zero-order chi connectivity index (χ0) is 6.50. The Balaban J connectivity index is 0. The summed E-state index contributed by atoms with van der Waals surface area (Å²) in [5.74, 6) is 0. The Labute approximate surface area is 43.8 Å². The molecule has 7 heteroatoms. The average Bonchev–Trinajstić information content (AvgIpc) is 1.36. The molecule has 0 aliphatic rings. The van der Waals surface area contributed by atoms with Gasteiger partial charge in [-0.25, -0.2) is 0 Å². The van der Waals surface area contributed by atoms with Gasteiger partial charge in [-0.15, -0.1) is 0 Å². The first-order valence-corrected chi connectivity index (χ1v) is 3.30. The standard InChI is InChI=1S/H4O4Si.OSi/c1-5(2,3)4;1-2/h1-4H;. The van der Waals surface area contributed by atoms with Crippen LogP contribution in [0.2, 0.25) is 0 Å². The minimum Gasteiger partial charge on any atom is -0.381 e. The van der Waals surface area contributed by atoms with Crippen LogP contribution in [-0.2, 0) is 4.46 Å². The molecule has 0 rings (SSSR count). The van der Waals surface area contributed by atoms with Crippen LogP contribution in [0.1, 0.15) is 0 Å². The van der Waals surface area contributed by atoms with Gasteiger partial charge < -0.3 is 23.6 Å². The lowest BCUT2D eigenvalue weighted by molar-refractivity contribution is 0.117. The van der Waals surface area contributed by atoms with Gasteiger partial charge in [-0.3, -0.25) is 0 Å². The molecule has 5 nitrogen and oxygen atoms in total. The number of hydrogen-bond acceptors (Lipinski definition) is 5. The van der Waals surface area contributed by atoms with Gasteiger partial charge in [0, 0.05) is 0 Å². The molecular weight excluding hydrogens is 136 g/mol. The number of rotatable bonds is 0. The van der Waals surface area contributed by atoms with Gasteiger partial charge in [0.25, 0.3) is 0 Å². The number of hydrogen-bond donors (Lipinski definition) is 4. The molecule has 0 spiro atoms. The largest absolute Gasteiger partial charge is 0.668 e. The molecule has 0 atom stereocenters. The second kappa shape index (κ2) is 4.24. The highest BCUT2D eigenvalue weighted by Gasteiger charge is 2.22. The third kappa shape index (κ3) is 18500. The third-order valence-electron chi connectivity index (χ3n) is 0. The second-order valence-corrected chi connectivity index (χ2v) is 1.80. The van der Waals surface area contributed by atoms with Crippen LogP contribution in [0.5, 0.6) is 0 Å². The molecule has 0 unspecified atom stereocenters. The van der Waals surface area contributed by atoms with Crippen molar-refractivity contribution in [3.8, 4) is 0 Å². The van der Waals surface area contributed by atoms with E-state index in [1.54, 1.807) is 10.1 Å². The molecule has 7 heavy (non-hydrogen) atoms. The van der Waals surface area contributed by atoms with Crippen molar-refractivity contribution in [2.45, 2.75) is 0 Å². The molecule has 42 valence electrons. The lowest BCUT2D eigenvalue weighted by Crippen LogP contribution is -2.33. The molecule has 0 fully saturated rings. The van der Waals surface area contributed by atoms with Crippen molar-refractivity contribution >= 4 is 19.2 Å². The molecular formula is H4O5Si2. The van der Waals surface area contributed by atoms with Gasteiger partial charge in [-0.2, -0.15) is 0 Å². The highest BCUT2D eigenvalue weighted by atomic mass is 28.4. The predicted octanol–water partition coefficient (Wildman–Crippen LogP) is -3.11. The van der Waals surface area contributed by atoms with Crippen LogP contribution >= 0.6 is 0 Å². The predicted molar refractivity (Wildman–Crippen MR) is 21.1 cm³/mol. The van der Waals surface area contributed by atoms with E-state index in [0.29, 0.717) is 0 Å². The minimum absolute atomic E-state index is 1.72. The molecule has 4 N–H and O–H groups in total. The van der Waals surface area contributed by atoms with Crippen LogP contribution in [-0.4, -0.2) is 38.4 Å². The zero-order valence-electron chi connectivity index (χ0n) is 3.20. The van der Waals surface area contributed by atoms with Crippen LogP contribution in [0.15, 0.2) is 0 Å². The quantitative estimate of drug-likeness (QED) is 0.267. The monoisotopic (exact) mass is 140 g/mol. The smallest absolute Gasteiger partial charge is 0.381 e. The Morgan fingerprint density at radius 1 is 1.00 bits per heavy atom. The molecule has 0 aliphatic heterocycles. The van der Waals surface area contributed by atoms with Crippen molar-refractivity contribution in [2.24, 2.45) is 0 Å². The van der Waals surface area contributed by atoms with E-state index in [0.717, 1.165) is 0 Å².